The van der Waals surface area contributed by atoms with E-state index in [1.54, 1.807) is 22.6 Å². The standard InChI is InChI=1S/C9H8F3IN2O3/c1-17-8(16)7-4(3-14)5(13)2-6(15-7)18-9(10,11)12/h2H,3,14H2,1H3. The fraction of sp³-hybridized carbons (Fsp3) is 0.333. The summed E-state index contributed by atoms with van der Waals surface area (Å²) in [7, 11) is 1.09. The fourth-order valence-corrected chi connectivity index (χ4v) is 1.89. The van der Waals surface area contributed by atoms with Gasteiger partial charge in [0.2, 0.25) is 5.88 Å². The lowest BCUT2D eigenvalue weighted by molar-refractivity contribution is -0.276. The molecule has 0 saturated carbocycles. The second-order valence-electron chi connectivity index (χ2n) is 3.01. The molecule has 0 saturated heterocycles. The zero-order chi connectivity index (χ0) is 13.9. The van der Waals surface area contributed by atoms with Gasteiger partial charge in [-0.2, -0.15) is 0 Å². The number of methoxy groups -OCH3 is 1. The van der Waals surface area contributed by atoms with Gasteiger partial charge in [0.25, 0.3) is 0 Å². The number of halogens is 4. The van der Waals surface area contributed by atoms with Gasteiger partial charge in [0.15, 0.2) is 5.69 Å². The van der Waals surface area contributed by atoms with Crippen molar-refractivity contribution in [3.63, 3.8) is 0 Å². The molecule has 0 fully saturated rings. The van der Waals surface area contributed by atoms with Gasteiger partial charge >= 0.3 is 12.3 Å². The zero-order valence-corrected chi connectivity index (χ0v) is 11.2. The van der Waals surface area contributed by atoms with Crippen molar-refractivity contribution >= 4 is 28.6 Å². The Bertz CT molecular complexity index is 465. The van der Waals surface area contributed by atoms with Crippen LogP contribution in [0.1, 0.15) is 16.1 Å². The lowest BCUT2D eigenvalue weighted by atomic mass is 10.2. The number of hydrogen-bond acceptors (Lipinski definition) is 5. The molecule has 0 aliphatic carbocycles. The van der Waals surface area contributed by atoms with Gasteiger partial charge in [-0.3, -0.25) is 0 Å². The van der Waals surface area contributed by atoms with Crippen LogP contribution in [0.4, 0.5) is 13.2 Å². The normalized spacial score (nSPS) is 11.2. The number of esters is 1. The number of carbonyl (C=O) groups is 1. The number of alkyl halides is 3. The second kappa shape index (κ2) is 5.69. The molecule has 0 spiro atoms. The van der Waals surface area contributed by atoms with Gasteiger partial charge in [-0.05, 0) is 22.6 Å². The molecule has 1 heterocycles. The van der Waals surface area contributed by atoms with Gasteiger partial charge in [0.1, 0.15) is 0 Å². The third kappa shape index (κ3) is 3.70. The van der Waals surface area contributed by atoms with E-state index in [4.69, 9.17) is 5.73 Å². The summed E-state index contributed by atoms with van der Waals surface area (Å²) in [4.78, 5) is 14.8. The minimum Gasteiger partial charge on any atom is -0.464 e. The molecule has 0 radical (unpaired) electrons. The highest BCUT2D eigenvalue weighted by Gasteiger charge is 2.32. The zero-order valence-electron chi connectivity index (χ0n) is 9.05. The number of nitrogens with zero attached hydrogens (tertiary/aromatic N) is 1. The molecule has 0 bridgehead atoms. The molecule has 1 aromatic rings. The summed E-state index contributed by atoms with van der Waals surface area (Å²) in [6.07, 6.45) is -4.88. The van der Waals surface area contributed by atoms with Gasteiger partial charge in [0.05, 0.1) is 7.11 Å². The summed E-state index contributed by atoms with van der Waals surface area (Å²) in [5, 5.41) is 0. The molecule has 18 heavy (non-hydrogen) atoms. The van der Waals surface area contributed by atoms with Gasteiger partial charge in [-0.1, -0.05) is 0 Å². The molecule has 1 rings (SSSR count). The summed E-state index contributed by atoms with van der Waals surface area (Å²) < 4.78 is 44.6. The van der Waals surface area contributed by atoms with Crippen LogP contribution in [0.25, 0.3) is 0 Å². The van der Waals surface area contributed by atoms with Crippen LogP contribution in [0.3, 0.4) is 0 Å². The topological polar surface area (TPSA) is 74.4 Å². The van der Waals surface area contributed by atoms with E-state index >= 15 is 0 Å². The van der Waals surface area contributed by atoms with Crippen LogP contribution in [-0.4, -0.2) is 24.4 Å². The number of nitrogens with two attached hydrogens (primary N) is 1. The van der Waals surface area contributed by atoms with Crippen molar-refractivity contribution < 1.29 is 27.4 Å². The molecule has 9 heteroatoms. The first kappa shape index (κ1) is 15.0. The Kier molecular flexibility index (Phi) is 4.73. The van der Waals surface area contributed by atoms with E-state index in [1.807, 2.05) is 0 Å². The predicted octanol–water partition coefficient (Wildman–Crippen LogP) is 1.83. The van der Waals surface area contributed by atoms with Crippen molar-refractivity contribution in [2.45, 2.75) is 12.9 Å². The van der Waals surface area contributed by atoms with Gasteiger partial charge < -0.3 is 15.2 Å². The average molecular weight is 376 g/mol. The van der Waals surface area contributed by atoms with Crippen molar-refractivity contribution in [1.82, 2.24) is 4.98 Å². The summed E-state index contributed by atoms with van der Waals surface area (Å²) >= 11 is 1.74. The number of rotatable bonds is 3. The minimum absolute atomic E-state index is 0.0536. The third-order valence-electron chi connectivity index (χ3n) is 1.85. The molecule has 2 N–H and O–H groups in total. The number of pyridine rings is 1. The number of carbonyl (C=O) groups excluding carboxylic acids is 1. The Balaban J connectivity index is 3.26. The van der Waals surface area contributed by atoms with Crippen molar-refractivity contribution in [3.05, 3.63) is 20.9 Å². The quantitative estimate of drug-likeness (QED) is 0.644. The molecular weight excluding hydrogens is 368 g/mol. The summed E-state index contributed by atoms with van der Waals surface area (Å²) in [6.45, 7) is -0.0536. The first-order chi connectivity index (χ1) is 8.28. The van der Waals surface area contributed by atoms with E-state index in [2.05, 4.69) is 14.5 Å². The molecule has 1 aromatic heterocycles. The Morgan fingerprint density at radius 3 is 2.61 bits per heavy atom. The maximum Gasteiger partial charge on any atom is 0.574 e. The maximum absolute atomic E-state index is 12.1. The van der Waals surface area contributed by atoms with Crippen molar-refractivity contribution in [2.75, 3.05) is 7.11 Å². The highest BCUT2D eigenvalue weighted by Crippen LogP contribution is 2.26. The molecule has 0 amide bonds. The molecule has 0 aliphatic rings. The van der Waals surface area contributed by atoms with Crippen LogP contribution in [-0.2, 0) is 11.3 Å². The smallest absolute Gasteiger partial charge is 0.464 e. The second-order valence-corrected chi connectivity index (χ2v) is 4.18. The summed E-state index contributed by atoms with van der Waals surface area (Å²) in [6, 6.07) is 1.04. The maximum atomic E-state index is 12.1. The fourth-order valence-electron chi connectivity index (χ4n) is 1.15. The SMILES string of the molecule is COC(=O)c1nc(OC(F)(F)F)cc(I)c1CN. The number of ether oxygens (including phenoxy) is 2. The van der Waals surface area contributed by atoms with Gasteiger partial charge in [-0.15, -0.1) is 13.2 Å². The number of hydrogen-bond donors (Lipinski definition) is 1. The molecule has 5 nitrogen and oxygen atoms in total. The Morgan fingerprint density at radius 1 is 1.56 bits per heavy atom. The predicted molar refractivity (Wildman–Crippen MR) is 62.9 cm³/mol. The number of aromatic nitrogens is 1. The van der Waals surface area contributed by atoms with Crippen LogP contribution in [0.5, 0.6) is 5.88 Å². The first-order valence-corrected chi connectivity index (χ1v) is 5.60. The largest absolute Gasteiger partial charge is 0.574 e. The first-order valence-electron chi connectivity index (χ1n) is 4.52. The Morgan fingerprint density at radius 2 is 2.17 bits per heavy atom. The van der Waals surface area contributed by atoms with Gasteiger partial charge in [0, 0.05) is 21.7 Å². The molecule has 0 unspecified atom stereocenters. The summed E-state index contributed by atoms with van der Waals surface area (Å²) in [5.74, 6) is -1.61. The molecular formula is C9H8F3IN2O3. The lowest BCUT2D eigenvalue weighted by Crippen LogP contribution is -2.20. The highest BCUT2D eigenvalue weighted by molar-refractivity contribution is 14.1. The van der Waals surface area contributed by atoms with E-state index in [1.165, 1.54) is 0 Å². The molecule has 0 aliphatic heterocycles. The average Bonchev–Trinajstić information content (AvgIpc) is 2.25. The van der Waals surface area contributed by atoms with Crippen LogP contribution in [0.2, 0.25) is 0 Å². The van der Waals surface area contributed by atoms with Gasteiger partial charge in [-0.25, -0.2) is 9.78 Å². The minimum atomic E-state index is -4.88. The van der Waals surface area contributed by atoms with E-state index in [0.29, 0.717) is 9.13 Å². The lowest BCUT2D eigenvalue weighted by Gasteiger charge is -2.12. The third-order valence-corrected chi connectivity index (χ3v) is 2.81. The van der Waals surface area contributed by atoms with Crippen LogP contribution in [0, 0.1) is 3.57 Å². The van der Waals surface area contributed by atoms with E-state index in [9.17, 15) is 18.0 Å². The van der Waals surface area contributed by atoms with Crippen LogP contribution < -0.4 is 10.5 Å². The Hall–Kier alpha value is -1.10. The molecule has 0 atom stereocenters. The molecule has 100 valence electrons. The monoisotopic (exact) mass is 376 g/mol. The molecule has 0 aromatic carbocycles. The van der Waals surface area contributed by atoms with Crippen molar-refractivity contribution in [2.24, 2.45) is 5.73 Å². The highest BCUT2D eigenvalue weighted by atomic mass is 127. The van der Waals surface area contributed by atoms with E-state index in [-0.39, 0.29) is 12.2 Å². The van der Waals surface area contributed by atoms with E-state index < -0.39 is 18.2 Å². The van der Waals surface area contributed by atoms with Crippen LogP contribution in [0.15, 0.2) is 6.07 Å². The van der Waals surface area contributed by atoms with Crippen LogP contribution >= 0.6 is 22.6 Å². The van der Waals surface area contributed by atoms with Crippen molar-refractivity contribution in [3.8, 4) is 5.88 Å². The summed E-state index contributed by atoms with van der Waals surface area (Å²) in [5.41, 5.74) is 5.42. The van der Waals surface area contributed by atoms with Crippen molar-refractivity contribution in [1.29, 1.82) is 0 Å². The van der Waals surface area contributed by atoms with E-state index in [0.717, 1.165) is 13.2 Å². The Labute approximate surface area is 114 Å².